The van der Waals surface area contributed by atoms with E-state index in [4.69, 9.17) is 14.2 Å². The molecule has 0 aromatic carbocycles. The Labute approximate surface area is 373 Å². The number of allylic oxidation sites excluding steroid dienone is 4. The number of ether oxygens (including phenoxy) is 3. The summed E-state index contributed by atoms with van der Waals surface area (Å²) in [6, 6.07) is 0. The molecule has 1 unspecified atom stereocenters. The Morgan fingerprint density at radius 2 is 0.550 bits per heavy atom. The highest BCUT2D eigenvalue weighted by Crippen LogP contribution is 2.16. The van der Waals surface area contributed by atoms with Gasteiger partial charge in [-0.1, -0.05) is 218 Å². The van der Waals surface area contributed by atoms with Gasteiger partial charge in [0.2, 0.25) is 0 Å². The van der Waals surface area contributed by atoms with Crippen molar-refractivity contribution in [2.24, 2.45) is 0 Å². The maximum absolute atomic E-state index is 12.8. The Morgan fingerprint density at radius 3 is 0.883 bits per heavy atom. The normalized spacial score (nSPS) is 12.1. The maximum atomic E-state index is 12.8. The van der Waals surface area contributed by atoms with Crippen molar-refractivity contribution in [2.75, 3.05) is 13.2 Å². The smallest absolute Gasteiger partial charge is 0.306 e. The number of hydrogen-bond acceptors (Lipinski definition) is 6. The fourth-order valence-corrected chi connectivity index (χ4v) is 7.67. The molecule has 6 nitrogen and oxygen atoms in total. The van der Waals surface area contributed by atoms with Crippen molar-refractivity contribution >= 4 is 17.9 Å². The molecule has 0 bridgehead atoms. The lowest BCUT2D eigenvalue weighted by Gasteiger charge is -2.18. The van der Waals surface area contributed by atoms with Crippen LogP contribution in [0.5, 0.6) is 0 Å². The Balaban J connectivity index is 4.34. The maximum Gasteiger partial charge on any atom is 0.306 e. The van der Waals surface area contributed by atoms with Gasteiger partial charge in [-0.15, -0.1) is 0 Å². The summed E-state index contributed by atoms with van der Waals surface area (Å²) in [6.07, 6.45) is 55.8. The second-order valence-corrected chi connectivity index (χ2v) is 17.8. The number of unbranched alkanes of at least 4 members (excludes halogenated alkanes) is 33. The Hall–Kier alpha value is -2.11. The second-order valence-electron chi connectivity index (χ2n) is 17.8. The molecular weight excluding hydrogens is 745 g/mol. The summed E-state index contributed by atoms with van der Waals surface area (Å²) < 4.78 is 16.8. The first kappa shape index (κ1) is 57.9. The van der Waals surface area contributed by atoms with Crippen molar-refractivity contribution in [3.05, 3.63) is 24.3 Å². The summed E-state index contributed by atoms with van der Waals surface area (Å²) in [6.45, 7) is 6.62. The van der Waals surface area contributed by atoms with Crippen LogP contribution < -0.4 is 0 Å². The van der Waals surface area contributed by atoms with Gasteiger partial charge in [0.05, 0.1) is 0 Å². The molecule has 0 heterocycles. The van der Waals surface area contributed by atoms with Gasteiger partial charge in [-0.3, -0.25) is 14.4 Å². The summed E-state index contributed by atoms with van der Waals surface area (Å²) >= 11 is 0. The van der Waals surface area contributed by atoms with Crippen LogP contribution in [0.3, 0.4) is 0 Å². The molecule has 0 aliphatic rings. The van der Waals surface area contributed by atoms with Crippen LogP contribution in [0.4, 0.5) is 0 Å². The third-order valence-electron chi connectivity index (χ3n) is 11.7. The second kappa shape index (κ2) is 49.5. The fourth-order valence-electron chi connectivity index (χ4n) is 7.67. The quantitative estimate of drug-likeness (QED) is 0.0263. The van der Waals surface area contributed by atoms with Crippen LogP contribution in [0.1, 0.15) is 284 Å². The molecule has 60 heavy (non-hydrogen) atoms. The summed E-state index contributed by atoms with van der Waals surface area (Å²) in [4.78, 5) is 38.0. The van der Waals surface area contributed by atoms with E-state index in [9.17, 15) is 14.4 Å². The summed E-state index contributed by atoms with van der Waals surface area (Å²) in [5.74, 6) is -0.872. The average Bonchev–Trinajstić information content (AvgIpc) is 3.24. The van der Waals surface area contributed by atoms with Gasteiger partial charge in [0.25, 0.3) is 0 Å². The van der Waals surface area contributed by atoms with Gasteiger partial charge in [0.1, 0.15) is 13.2 Å². The highest BCUT2D eigenvalue weighted by atomic mass is 16.6. The lowest BCUT2D eigenvalue weighted by atomic mass is 10.0. The SMILES string of the molecule is CCCCC/C=C\CCCCCCCC(=O)OCC(COC(=O)CCCCCCCCC/C=C\CCCCCC)OC(=O)CCCCCCCCCCCCCCCCC. The minimum Gasteiger partial charge on any atom is -0.462 e. The van der Waals surface area contributed by atoms with Crippen molar-refractivity contribution in [2.45, 2.75) is 290 Å². The van der Waals surface area contributed by atoms with Gasteiger partial charge in [-0.05, 0) is 70.6 Å². The van der Waals surface area contributed by atoms with E-state index in [1.165, 1.54) is 180 Å². The molecule has 0 fully saturated rings. The Morgan fingerprint density at radius 1 is 0.317 bits per heavy atom. The van der Waals surface area contributed by atoms with Crippen molar-refractivity contribution in [3.8, 4) is 0 Å². The van der Waals surface area contributed by atoms with Crippen LogP contribution in [-0.4, -0.2) is 37.2 Å². The number of hydrogen-bond donors (Lipinski definition) is 0. The number of esters is 3. The topological polar surface area (TPSA) is 78.9 Å². The molecule has 0 radical (unpaired) electrons. The summed E-state index contributed by atoms with van der Waals surface area (Å²) in [5, 5.41) is 0. The van der Waals surface area contributed by atoms with Crippen molar-refractivity contribution in [1.82, 2.24) is 0 Å². The van der Waals surface area contributed by atoms with Crippen LogP contribution in [0.25, 0.3) is 0 Å². The van der Waals surface area contributed by atoms with Gasteiger partial charge in [0, 0.05) is 19.3 Å². The van der Waals surface area contributed by atoms with E-state index in [2.05, 4.69) is 45.1 Å². The van der Waals surface area contributed by atoms with Crippen LogP contribution >= 0.6 is 0 Å². The van der Waals surface area contributed by atoms with E-state index in [1.807, 2.05) is 0 Å². The number of carbonyl (C=O) groups is 3. The molecule has 352 valence electrons. The first-order valence-corrected chi connectivity index (χ1v) is 26.3. The first-order valence-electron chi connectivity index (χ1n) is 26.3. The molecule has 0 saturated heterocycles. The van der Waals surface area contributed by atoms with E-state index in [1.54, 1.807) is 0 Å². The first-order chi connectivity index (χ1) is 29.5. The van der Waals surface area contributed by atoms with Crippen LogP contribution in [0.15, 0.2) is 24.3 Å². The van der Waals surface area contributed by atoms with Crippen molar-refractivity contribution in [3.63, 3.8) is 0 Å². The van der Waals surface area contributed by atoms with Crippen molar-refractivity contribution in [1.29, 1.82) is 0 Å². The molecule has 0 aliphatic carbocycles. The standard InChI is InChI=1S/C54H100O6/c1-4-7-10-13-16-19-22-25-27-29-32-35-38-41-44-47-53(56)59-50-51(49-58-52(55)46-43-40-37-34-31-24-21-18-15-12-9-6-3)60-54(57)48-45-42-39-36-33-30-28-26-23-20-17-14-11-8-5-2/h18-19,21-22,51H,4-17,20,23-50H2,1-3H3/b21-18-,22-19-. The molecular formula is C54H100O6. The largest absolute Gasteiger partial charge is 0.462 e. The van der Waals surface area contributed by atoms with Gasteiger partial charge in [-0.25, -0.2) is 0 Å². The van der Waals surface area contributed by atoms with E-state index >= 15 is 0 Å². The number of rotatable bonds is 48. The van der Waals surface area contributed by atoms with E-state index in [0.717, 1.165) is 64.2 Å². The molecule has 0 aliphatic heterocycles. The van der Waals surface area contributed by atoms with Gasteiger partial charge < -0.3 is 14.2 Å². The highest BCUT2D eigenvalue weighted by Gasteiger charge is 2.19. The van der Waals surface area contributed by atoms with E-state index in [-0.39, 0.29) is 31.1 Å². The summed E-state index contributed by atoms with van der Waals surface area (Å²) in [5.41, 5.74) is 0. The van der Waals surface area contributed by atoms with Crippen molar-refractivity contribution < 1.29 is 28.6 Å². The van der Waals surface area contributed by atoms with Crippen LogP contribution in [0.2, 0.25) is 0 Å². The average molecular weight is 845 g/mol. The molecule has 0 amide bonds. The van der Waals surface area contributed by atoms with E-state index < -0.39 is 6.10 Å². The molecule has 0 aromatic heterocycles. The monoisotopic (exact) mass is 845 g/mol. The molecule has 0 aromatic rings. The van der Waals surface area contributed by atoms with Gasteiger partial charge in [-0.2, -0.15) is 0 Å². The molecule has 0 saturated carbocycles. The zero-order valence-electron chi connectivity index (χ0n) is 40.2. The third kappa shape index (κ3) is 46.9. The third-order valence-corrected chi connectivity index (χ3v) is 11.7. The molecule has 6 heteroatoms. The van der Waals surface area contributed by atoms with E-state index in [0.29, 0.717) is 19.3 Å². The zero-order valence-corrected chi connectivity index (χ0v) is 40.2. The zero-order chi connectivity index (χ0) is 43.7. The summed E-state index contributed by atoms with van der Waals surface area (Å²) in [7, 11) is 0. The lowest BCUT2D eigenvalue weighted by Crippen LogP contribution is -2.30. The molecule has 1 atom stereocenters. The Kier molecular flexibility index (Phi) is 47.8. The predicted molar refractivity (Wildman–Crippen MR) is 256 cm³/mol. The highest BCUT2D eigenvalue weighted by molar-refractivity contribution is 5.71. The fraction of sp³-hybridized carbons (Fsp3) is 0.870. The molecule has 0 rings (SSSR count). The lowest BCUT2D eigenvalue weighted by molar-refractivity contribution is -0.167. The minimum atomic E-state index is -0.771. The van der Waals surface area contributed by atoms with Crippen LogP contribution in [-0.2, 0) is 28.6 Å². The molecule has 0 spiro atoms. The van der Waals surface area contributed by atoms with Gasteiger partial charge >= 0.3 is 17.9 Å². The number of carbonyl (C=O) groups excluding carboxylic acids is 3. The minimum absolute atomic E-state index is 0.0725. The van der Waals surface area contributed by atoms with Crippen LogP contribution in [0, 0.1) is 0 Å². The molecule has 0 N–H and O–H groups in total. The Bertz CT molecular complexity index is 973. The predicted octanol–water partition coefficient (Wildman–Crippen LogP) is 17.2. The van der Waals surface area contributed by atoms with Gasteiger partial charge in [0.15, 0.2) is 6.10 Å².